The molecule has 0 aromatic heterocycles. The molecule has 1 saturated carbocycles. The average molecular weight is 382 g/mol. The molecule has 7 heteroatoms. The van der Waals surface area contributed by atoms with Crippen LogP contribution in [0.2, 0.25) is 5.02 Å². The summed E-state index contributed by atoms with van der Waals surface area (Å²) in [6.07, 6.45) is 5.66. The number of hydrogen-bond acceptors (Lipinski definition) is 3. The highest BCUT2D eigenvalue weighted by Gasteiger charge is 2.32. The summed E-state index contributed by atoms with van der Waals surface area (Å²) in [5, 5.41) is 6.23. The lowest BCUT2D eigenvalue weighted by Gasteiger charge is -2.35. The maximum absolute atomic E-state index is 13.2. The summed E-state index contributed by atoms with van der Waals surface area (Å²) >= 11 is 6.12. The van der Waals surface area contributed by atoms with Crippen molar-refractivity contribution in [2.45, 2.75) is 57.2 Å². The van der Waals surface area contributed by atoms with E-state index in [-0.39, 0.29) is 24.3 Å². The summed E-state index contributed by atoms with van der Waals surface area (Å²) in [6, 6.07) is 3.95. The summed E-state index contributed by atoms with van der Waals surface area (Å²) in [4.78, 5) is 26.7. The highest BCUT2D eigenvalue weighted by Crippen LogP contribution is 2.22. The van der Waals surface area contributed by atoms with Crippen LogP contribution in [0.5, 0.6) is 0 Å². The molecule has 2 amide bonds. The number of amides is 2. The smallest absolute Gasteiger partial charge is 0.237 e. The van der Waals surface area contributed by atoms with Crippen LogP contribution in [0.15, 0.2) is 18.2 Å². The van der Waals surface area contributed by atoms with Crippen LogP contribution in [0.3, 0.4) is 0 Å². The van der Waals surface area contributed by atoms with Crippen molar-refractivity contribution in [3.05, 3.63) is 34.6 Å². The third-order valence-corrected chi connectivity index (χ3v) is 5.53. The van der Waals surface area contributed by atoms with Crippen molar-refractivity contribution in [1.82, 2.24) is 15.5 Å². The van der Waals surface area contributed by atoms with Gasteiger partial charge in [-0.3, -0.25) is 14.5 Å². The molecule has 142 valence electrons. The Kier molecular flexibility index (Phi) is 6.48. The minimum absolute atomic E-state index is 0.0887. The molecule has 1 heterocycles. The number of piperazine rings is 1. The molecule has 1 atom stereocenters. The zero-order chi connectivity index (χ0) is 18.5. The quantitative estimate of drug-likeness (QED) is 0.824. The molecule has 2 N–H and O–H groups in total. The second-order valence-corrected chi connectivity index (χ2v) is 7.53. The number of nitrogens with zero attached hydrogens (tertiary/aromatic N) is 1. The molecule has 1 aliphatic carbocycles. The van der Waals surface area contributed by atoms with Crippen LogP contribution in [0, 0.1) is 5.82 Å². The van der Waals surface area contributed by atoms with E-state index < -0.39 is 11.9 Å². The van der Waals surface area contributed by atoms with Crippen LogP contribution in [0.1, 0.15) is 44.1 Å². The predicted molar refractivity (Wildman–Crippen MR) is 98.3 cm³/mol. The van der Waals surface area contributed by atoms with Gasteiger partial charge in [-0.1, -0.05) is 36.9 Å². The normalized spacial score (nSPS) is 22.1. The van der Waals surface area contributed by atoms with Crippen molar-refractivity contribution in [2.24, 2.45) is 0 Å². The third kappa shape index (κ3) is 4.95. The van der Waals surface area contributed by atoms with Crippen LogP contribution < -0.4 is 10.6 Å². The Balaban J connectivity index is 1.63. The first-order chi connectivity index (χ1) is 12.5. The number of carbonyl (C=O) groups is 2. The lowest BCUT2D eigenvalue weighted by Crippen LogP contribution is -2.56. The Hall–Kier alpha value is -1.66. The topological polar surface area (TPSA) is 61.4 Å². The summed E-state index contributed by atoms with van der Waals surface area (Å²) < 4.78 is 13.2. The molecular formula is C19H25ClFN3O2. The Labute approximate surface area is 158 Å². The van der Waals surface area contributed by atoms with E-state index in [0.29, 0.717) is 24.7 Å². The number of halogens is 2. The fraction of sp³-hybridized carbons (Fsp3) is 0.579. The molecule has 0 spiro atoms. The van der Waals surface area contributed by atoms with Gasteiger partial charge in [0.05, 0.1) is 12.5 Å². The molecule has 5 nitrogen and oxygen atoms in total. The van der Waals surface area contributed by atoms with E-state index in [1.165, 1.54) is 18.6 Å². The zero-order valence-electron chi connectivity index (χ0n) is 14.8. The lowest BCUT2D eigenvalue weighted by molar-refractivity contribution is -0.134. The molecule has 26 heavy (non-hydrogen) atoms. The lowest BCUT2D eigenvalue weighted by atomic mass is 9.95. The van der Waals surface area contributed by atoms with Gasteiger partial charge in [0.25, 0.3) is 0 Å². The monoisotopic (exact) mass is 381 g/mol. The molecule has 2 fully saturated rings. The number of carbonyl (C=O) groups excluding carboxylic acids is 2. The van der Waals surface area contributed by atoms with E-state index in [2.05, 4.69) is 10.6 Å². The Morgan fingerprint density at radius 3 is 2.81 bits per heavy atom. The molecule has 1 unspecified atom stereocenters. The molecule has 3 rings (SSSR count). The fourth-order valence-corrected chi connectivity index (χ4v) is 3.98. The standard InChI is InChI=1S/C19H25ClFN3O2/c20-16-10-14(21)7-6-13(16)12-24-9-8-22-19(26)17(24)11-18(25)23-15-4-2-1-3-5-15/h6-7,10,15,17H,1-5,8-9,11-12H2,(H,22,26)(H,23,25). The maximum Gasteiger partial charge on any atom is 0.237 e. The first-order valence-corrected chi connectivity index (χ1v) is 9.66. The highest BCUT2D eigenvalue weighted by molar-refractivity contribution is 6.31. The van der Waals surface area contributed by atoms with Gasteiger partial charge in [0.2, 0.25) is 11.8 Å². The SMILES string of the molecule is O=C(CC1C(=O)NCCN1Cc1ccc(F)cc1Cl)NC1CCCCC1. The molecule has 1 aromatic carbocycles. The van der Waals surface area contributed by atoms with E-state index in [1.54, 1.807) is 6.07 Å². The van der Waals surface area contributed by atoms with Crippen LogP contribution >= 0.6 is 11.6 Å². The van der Waals surface area contributed by atoms with Gasteiger partial charge in [0.1, 0.15) is 5.82 Å². The van der Waals surface area contributed by atoms with Crippen molar-refractivity contribution < 1.29 is 14.0 Å². The van der Waals surface area contributed by atoms with Crippen molar-refractivity contribution in [3.8, 4) is 0 Å². The van der Waals surface area contributed by atoms with Gasteiger partial charge in [0.15, 0.2) is 0 Å². The van der Waals surface area contributed by atoms with E-state index in [1.807, 2.05) is 4.90 Å². The molecule has 0 radical (unpaired) electrons. The summed E-state index contributed by atoms with van der Waals surface area (Å²) in [6.45, 7) is 1.56. The Bertz CT molecular complexity index is 664. The number of rotatable bonds is 5. The second-order valence-electron chi connectivity index (χ2n) is 7.12. The van der Waals surface area contributed by atoms with Gasteiger partial charge in [-0.05, 0) is 30.5 Å². The van der Waals surface area contributed by atoms with Crippen molar-refractivity contribution in [1.29, 1.82) is 0 Å². The van der Waals surface area contributed by atoms with Crippen LogP contribution in [0.4, 0.5) is 4.39 Å². The molecule has 1 saturated heterocycles. The minimum Gasteiger partial charge on any atom is -0.353 e. The average Bonchev–Trinajstić information content (AvgIpc) is 2.61. The first-order valence-electron chi connectivity index (χ1n) is 9.28. The Morgan fingerprint density at radius 1 is 1.31 bits per heavy atom. The molecule has 2 aliphatic rings. The third-order valence-electron chi connectivity index (χ3n) is 5.18. The van der Waals surface area contributed by atoms with Gasteiger partial charge < -0.3 is 10.6 Å². The Morgan fingerprint density at radius 2 is 2.08 bits per heavy atom. The number of nitrogens with one attached hydrogen (secondary N) is 2. The van der Waals surface area contributed by atoms with Crippen molar-refractivity contribution >= 4 is 23.4 Å². The van der Waals surface area contributed by atoms with E-state index >= 15 is 0 Å². The van der Waals surface area contributed by atoms with E-state index in [0.717, 1.165) is 31.2 Å². The van der Waals surface area contributed by atoms with Crippen molar-refractivity contribution in [2.75, 3.05) is 13.1 Å². The molecule has 1 aromatic rings. The largest absolute Gasteiger partial charge is 0.353 e. The van der Waals surface area contributed by atoms with Crippen LogP contribution in [-0.2, 0) is 16.1 Å². The first kappa shape index (κ1) is 19.1. The zero-order valence-corrected chi connectivity index (χ0v) is 15.5. The fourth-order valence-electron chi connectivity index (χ4n) is 3.75. The van der Waals surface area contributed by atoms with Crippen LogP contribution in [-0.4, -0.2) is 41.9 Å². The summed E-state index contributed by atoms with van der Waals surface area (Å²) in [7, 11) is 0. The second kappa shape index (κ2) is 8.82. The number of benzene rings is 1. The van der Waals surface area contributed by atoms with Crippen molar-refractivity contribution in [3.63, 3.8) is 0 Å². The molecule has 0 bridgehead atoms. The predicted octanol–water partition coefficient (Wildman–Crippen LogP) is 2.62. The molecular weight excluding hydrogens is 357 g/mol. The van der Waals surface area contributed by atoms with E-state index in [9.17, 15) is 14.0 Å². The highest BCUT2D eigenvalue weighted by atomic mass is 35.5. The van der Waals surface area contributed by atoms with Gasteiger partial charge in [-0.25, -0.2) is 4.39 Å². The van der Waals surface area contributed by atoms with E-state index in [4.69, 9.17) is 11.6 Å². The number of hydrogen-bond donors (Lipinski definition) is 2. The van der Waals surface area contributed by atoms with Gasteiger partial charge >= 0.3 is 0 Å². The van der Waals surface area contributed by atoms with Gasteiger partial charge in [0, 0.05) is 30.7 Å². The minimum atomic E-state index is -0.534. The van der Waals surface area contributed by atoms with Gasteiger partial charge in [-0.15, -0.1) is 0 Å². The maximum atomic E-state index is 13.2. The molecule has 1 aliphatic heterocycles. The van der Waals surface area contributed by atoms with Gasteiger partial charge in [-0.2, -0.15) is 0 Å². The summed E-state index contributed by atoms with van der Waals surface area (Å²) in [5.41, 5.74) is 0.750. The summed E-state index contributed by atoms with van der Waals surface area (Å²) in [5.74, 6) is -0.624. The van der Waals surface area contributed by atoms with Crippen LogP contribution in [0.25, 0.3) is 0 Å².